The second-order valence-electron chi connectivity index (χ2n) is 6.13. The maximum absolute atomic E-state index is 13.0. The van der Waals surface area contributed by atoms with Gasteiger partial charge in [-0.1, -0.05) is 39.8 Å². The van der Waals surface area contributed by atoms with Crippen LogP contribution >= 0.6 is 27.7 Å². The van der Waals surface area contributed by atoms with Gasteiger partial charge in [-0.3, -0.25) is 0 Å². The van der Waals surface area contributed by atoms with Gasteiger partial charge in [0, 0.05) is 29.4 Å². The summed E-state index contributed by atoms with van der Waals surface area (Å²) in [7, 11) is 1.83. The highest BCUT2D eigenvalue weighted by Gasteiger charge is 2.06. The maximum atomic E-state index is 13.0. The predicted octanol–water partition coefficient (Wildman–Crippen LogP) is 3.96. The number of thioether (sulfide) groups is 1. The van der Waals surface area contributed by atoms with Crippen LogP contribution in [0.15, 0.2) is 52.1 Å². The molecule has 28 heavy (non-hydrogen) atoms. The van der Waals surface area contributed by atoms with Crippen LogP contribution in [0.4, 0.5) is 4.39 Å². The second kappa shape index (κ2) is 10.5. The lowest BCUT2D eigenvalue weighted by molar-refractivity contribution is 0.302. The fourth-order valence-electron chi connectivity index (χ4n) is 2.50. The van der Waals surface area contributed by atoms with E-state index in [9.17, 15) is 4.39 Å². The number of nitrogens with one attached hydrogen (secondary N) is 1. The molecule has 0 aliphatic heterocycles. The fraction of sp³-hybridized carbons (Fsp3) is 0.316. The van der Waals surface area contributed by atoms with Crippen molar-refractivity contribution < 1.29 is 9.13 Å². The van der Waals surface area contributed by atoms with Crippen molar-refractivity contribution in [2.75, 3.05) is 12.3 Å². The van der Waals surface area contributed by atoms with Gasteiger partial charge in [-0.15, -0.1) is 5.10 Å². The topological polar surface area (TPSA) is 64.9 Å². The Hall–Kier alpha value is -1.97. The third-order valence-corrected chi connectivity index (χ3v) is 5.55. The molecule has 0 amide bonds. The summed E-state index contributed by atoms with van der Waals surface area (Å²) < 4.78 is 21.6. The van der Waals surface area contributed by atoms with Crippen molar-refractivity contribution in [3.63, 3.8) is 0 Å². The Labute approximate surface area is 176 Å². The summed E-state index contributed by atoms with van der Waals surface area (Å²) in [4.78, 5) is 0. The molecule has 2 aromatic carbocycles. The number of rotatable bonds is 10. The van der Waals surface area contributed by atoms with Gasteiger partial charge in [-0.25, -0.2) is 9.07 Å². The van der Waals surface area contributed by atoms with E-state index in [1.165, 1.54) is 12.1 Å². The molecule has 9 heteroatoms. The van der Waals surface area contributed by atoms with E-state index < -0.39 is 0 Å². The first-order valence-electron chi connectivity index (χ1n) is 8.83. The average molecular weight is 466 g/mol. The van der Waals surface area contributed by atoms with E-state index in [1.54, 1.807) is 28.6 Å². The lowest BCUT2D eigenvalue weighted by Crippen LogP contribution is -2.16. The molecule has 0 aliphatic carbocycles. The van der Waals surface area contributed by atoms with Gasteiger partial charge in [0.1, 0.15) is 18.2 Å². The van der Waals surface area contributed by atoms with E-state index in [0.29, 0.717) is 13.2 Å². The van der Waals surface area contributed by atoms with Gasteiger partial charge in [0.2, 0.25) is 5.16 Å². The van der Waals surface area contributed by atoms with Crippen LogP contribution in [0.1, 0.15) is 17.5 Å². The van der Waals surface area contributed by atoms with Crippen LogP contribution in [0.5, 0.6) is 5.75 Å². The largest absolute Gasteiger partial charge is 0.489 e. The molecule has 3 aromatic rings. The molecule has 0 fully saturated rings. The third kappa shape index (κ3) is 6.29. The first-order valence-corrected chi connectivity index (χ1v) is 10.6. The molecule has 148 valence electrons. The zero-order valence-corrected chi connectivity index (χ0v) is 17.8. The molecule has 0 atom stereocenters. The maximum Gasteiger partial charge on any atom is 0.209 e. The minimum atomic E-state index is -0.245. The molecule has 6 nitrogen and oxygen atoms in total. The number of benzene rings is 2. The van der Waals surface area contributed by atoms with Crippen molar-refractivity contribution in [3.8, 4) is 5.75 Å². The number of aromatic nitrogens is 4. The first-order chi connectivity index (χ1) is 13.6. The van der Waals surface area contributed by atoms with Crippen LogP contribution in [0, 0.1) is 5.82 Å². The van der Waals surface area contributed by atoms with Gasteiger partial charge < -0.3 is 10.1 Å². The summed E-state index contributed by atoms with van der Waals surface area (Å²) in [6, 6.07) is 12.3. The van der Waals surface area contributed by atoms with Crippen LogP contribution in [0.2, 0.25) is 0 Å². The van der Waals surface area contributed by atoms with Crippen LogP contribution < -0.4 is 10.1 Å². The second-order valence-corrected chi connectivity index (χ2v) is 8.11. The molecule has 1 heterocycles. The number of hydrogen-bond acceptors (Lipinski definition) is 6. The summed E-state index contributed by atoms with van der Waals surface area (Å²) >= 11 is 5.15. The van der Waals surface area contributed by atoms with Crippen molar-refractivity contribution in [2.24, 2.45) is 7.05 Å². The third-order valence-electron chi connectivity index (χ3n) is 3.96. The van der Waals surface area contributed by atoms with E-state index in [0.717, 1.165) is 45.2 Å². The minimum absolute atomic E-state index is 0.245. The quantitative estimate of drug-likeness (QED) is 0.361. The zero-order valence-electron chi connectivity index (χ0n) is 15.4. The number of hydrogen-bond donors (Lipinski definition) is 1. The number of aryl methyl sites for hydroxylation is 1. The van der Waals surface area contributed by atoms with Gasteiger partial charge in [-0.2, -0.15) is 0 Å². The van der Waals surface area contributed by atoms with Crippen LogP contribution in [-0.4, -0.2) is 32.5 Å². The van der Waals surface area contributed by atoms with Crippen molar-refractivity contribution in [1.82, 2.24) is 25.5 Å². The molecule has 0 saturated heterocycles. The smallest absolute Gasteiger partial charge is 0.209 e. The number of nitrogens with zero attached hydrogens (tertiary/aromatic N) is 4. The van der Waals surface area contributed by atoms with E-state index >= 15 is 0 Å². The summed E-state index contributed by atoms with van der Waals surface area (Å²) in [6.45, 7) is 1.98. The van der Waals surface area contributed by atoms with Gasteiger partial charge >= 0.3 is 0 Å². The lowest BCUT2D eigenvalue weighted by atomic mass is 10.2. The predicted molar refractivity (Wildman–Crippen MR) is 111 cm³/mol. The molecule has 0 bridgehead atoms. The standard InChI is InChI=1S/C19H21BrFN5OS/c1-26-19(23-24-25-26)28-10-2-9-22-12-15-11-16(20)5-8-18(15)27-13-14-3-6-17(21)7-4-14/h3-8,11,22H,2,9-10,12-13H2,1H3. The highest BCUT2D eigenvalue weighted by molar-refractivity contribution is 9.10. The van der Waals surface area contributed by atoms with Gasteiger partial charge in [-0.05, 0) is 59.3 Å². The van der Waals surface area contributed by atoms with Crippen molar-refractivity contribution >= 4 is 27.7 Å². The molecule has 3 rings (SSSR count). The highest BCUT2D eigenvalue weighted by atomic mass is 79.9. The molecule has 0 unspecified atom stereocenters. The Morgan fingerprint density at radius 2 is 2.04 bits per heavy atom. The Morgan fingerprint density at radius 3 is 2.79 bits per heavy atom. The molecule has 0 aliphatic rings. The Morgan fingerprint density at radius 1 is 1.21 bits per heavy atom. The summed E-state index contributed by atoms with van der Waals surface area (Å²) in [5.41, 5.74) is 2.00. The molecular formula is C19H21BrFN5OS. The minimum Gasteiger partial charge on any atom is -0.489 e. The highest BCUT2D eigenvalue weighted by Crippen LogP contribution is 2.24. The number of halogens is 2. The Bertz CT molecular complexity index is 890. The lowest BCUT2D eigenvalue weighted by Gasteiger charge is -2.13. The van der Waals surface area contributed by atoms with Crippen molar-refractivity contribution in [3.05, 3.63) is 63.9 Å². The van der Waals surface area contributed by atoms with E-state index in [2.05, 4.69) is 36.8 Å². The van der Waals surface area contributed by atoms with Crippen LogP contribution in [0.3, 0.4) is 0 Å². The normalized spacial score (nSPS) is 11.0. The number of ether oxygens (including phenoxy) is 1. The van der Waals surface area contributed by atoms with E-state index in [-0.39, 0.29) is 5.82 Å². The van der Waals surface area contributed by atoms with Gasteiger partial charge in [0.25, 0.3) is 0 Å². The van der Waals surface area contributed by atoms with Crippen molar-refractivity contribution in [1.29, 1.82) is 0 Å². The summed E-state index contributed by atoms with van der Waals surface area (Å²) in [5.74, 6) is 1.51. The van der Waals surface area contributed by atoms with E-state index in [1.807, 2.05) is 25.2 Å². The molecule has 1 aromatic heterocycles. The first kappa shape index (κ1) is 20.8. The molecule has 0 saturated carbocycles. The molecule has 0 spiro atoms. The Kier molecular flexibility index (Phi) is 7.81. The Balaban J connectivity index is 1.45. The van der Waals surface area contributed by atoms with Gasteiger partial charge in [0.05, 0.1) is 0 Å². The van der Waals surface area contributed by atoms with Gasteiger partial charge in [0.15, 0.2) is 0 Å². The fourth-order valence-corrected chi connectivity index (χ4v) is 3.69. The molecule has 1 N–H and O–H groups in total. The zero-order chi connectivity index (χ0) is 19.8. The summed E-state index contributed by atoms with van der Waals surface area (Å²) in [6.07, 6.45) is 0.997. The molecular weight excluding hydrogens is 445 g/mol. The monoisotopic (exact) mass is 465 g/mol. The van der Waals surface area contributed by atoms with E-state index in [4.69, 9.17) is 4.74 Å². The number of tetrazole rings is 1. The SMILES string of the molecule is Cn1nnnc1SCCCNCc1cc(Br)ccc1OCc1ccc(F)cc1. The molecule has 0 radical (unpaired) electrons. The summed E-state index contributed by atoms with van der Waals surface area (Å²) in [5, 5.41) is 15.7. The average Bonchev–Trinajstić information content (AvgIpc) is 3.10. The van der Waals surface area contributed by atoms with Crippen LogP contribution in [-0.2, 0) is 20.2 Å². The van der Waals surface area contributed by atoms with Crippen molar-refractivity contribution in [2.45, 2.75) is 24.7 Å². The van der Waals surface area contributed by atoms with Crippen LogP contribution in [0.25, 0.3) is 0 Å².